The van der Waals surface area contributed by atoms with E-state index < -0.39 is 67.4 Å². The van der Waals surface area contributed by atoms with Crippen molar-refractivity contribution in [2.75, 3.05) is 13.2 Å². The smallest absolute Gasteiger partial charge is 0.306 e. The molecule has 11 nitrogen and oxygen atoms in total. The van der Waals surface area contributed by atoms with Crippen LogP contribution in [0.2, 0.25) is 0 Å². The largest absolute Gasteiger partial charge is 0.454 e. The van der Waals surface area contributed by atoms with Gasteiger partial charge >= 0.3 is 5.97 Å². The maximum Gasteiger partial charge on any atom is 0.306 e. The van der Waals surface area contributed by atoms with E-state index in [1.807, 2.05) is 48.6 Å². The number of nitrogens with one attached hydrogen (secondary N) is 1. The summed E-state index contributed by atoms with van der Waals surface area (Å²) in [5.74, 6) is -1.24. The van der Waals surface area contributed by atoms with Gasteiger partial charge in [0.15, 0.2) is 12.4 Å². The molecule has 1 aliphatic rings. The minimum Gasteiger partial charge on any atom is -0.454 e. The molecule has 0 saturated carbocycles. The Morgan fingerprint density at radius 1 is 0.512 bits per heavy atom. The minimum absolute atomic E-state index is 0.114. The lowest BCUT2D eigenvalue weighted by Crippen LogP contribution is -2.61. The third-order valence-electron chi connectivity index (χ3n) is 14.8. The Hall–Kier alpha value is -3.42. The number of aliphatic hydroxyl groups excluding tert-OH is 5. The van der Waals surface area contributed by atoms with E-state index in [-0.39, 0.29) is 19.4 Å². The quantitative estimate of drug-likeness (QED) is 0.0149. The first kappa shape index (κ1) is 74.6. The number of esters is 1. The van der Waals surface area contributed by atoms with E-state index in [9.17, 15) is 35.1 Å². The fraction of sp³-hybridized carbons (Fsp3) is 0.739. The zero-order chi connectivity index (χ0) is 58.2. The van der Waals surface area contributed by atoms with E-state index in [0.717, 1.165) is 77.0 Å². The van der Waals surface area contributed by atoms with Crippen LogP contribution in [0, 0.1) is 0 Å². The summed E-state index contributed by atoms with van der Waals surface area (Å²) in [4.78, 5) is 26.5. The molecule has 1 aliphatic heterocycles. The van der Waals surface area contributed by atoms with Gasteiger partial charge in [0.05, 0.1) is 25.4 Å². The molecule has 1 rings (SSSR count). The van der Waals surface area contributed by atoms with Gasteiger partial charge in [0.2, 0.25) is 5.91 Å². The van der Waals surface area contributed by atoms with Crippen molar-refractivity contribution in [3.8, 4) is 0 Å². The average molecular weight is 1120 g/mol. The molecule has 8 unspecified atom stereocenters. The Balaban J connectivity index is 2.56. The first-order chi connectivity index (χ1) is 39.2. The average Bonchev–Trinajstić information content (AvgIpc) is 3.46. The van der Waals surface area contributed by atoms with Crippen molar-refractivity contribution in [3.05, 3.63) is 97.2 Å². The van der Waals surface area contributed by atoms with Gasteiger partial charge in [0.1, 0.15) is 24.4 Å². The summed E-state index contributed by atoms with van der Waals surface area (Å²) in [7, 11) is 0. The van der Waals surface area contributed by atoms with Crippen molar-refractivity contribution in [3.63, 3.8) is 0 Å². The highest BCUT2D eigenvalue weighted by molar-refractivity contribution is 5.80. The molecule has 0 aromatic rings. The Labute approximate surface area is 488 Å². The molecule has 0 spiro atoms. The number of hydrogen-bond donors (Lipinski definition) is 6. The number of amides is 1. The van der Waals surface area contributed by atoms with Crippen molar-refractivity contribution in [2.45, 2.75) is 314 Å². The molecular formula is C69H119NO10. The van der Waals surface area contributed by atoms with Crippen LogP contribution in [0.4, 0.5) is 0 Å². The molecule has 11 heteroatoms. The Morgan fingerprint density at radius 2 is 0.950 bits per heavy atom. The first-order valence-corrected chi connectivity index (χ1v) is 32.6. The maximum absolute atomic E-state index is 13.4. The fourth-order valence-corrected chi connectivity index (χ4v) is 9.67. The zero-order valence-corrected chi connectivity index (χ0v) is 50.9. The SMILES string of the molecule is CC/C=C/C=C/C=C\C=C/CCCCC(O)C(=O)NC(COC1OC(CO)C(O)C(O)C1OC(=O)CCCCCCCCCCCCCCCC/C=C\C/C=C\C/C=C\CCCCC)C(O)/C=C/CCCCCCCCCCCC. The van der Waals surface area contributed by atoms with Crippen molar-refractivity contribution in [1.82, 2.24) is 5.32 Å². The predicted octanol–water partition coefficient (Wildman–Crippen LogP) is 15.9. The molecule has 0 aliphatic carbocycles. The summed E-state index contributed by atoms with van der Waals surface area (Å²) < 4.78 is 17.6. The summed E-state index contributed by atoms with van der Waals surface area (Å²) in [6.07, 6.45) is 64.7. The molecule has 1 heterocycles. The topological polar surface area (TPSA) is 175 Å². The second-order valence-corrected chi connectivity index (χ2v) is 22.2. The summed E-state index contributed by atoms with van der Waals surface area (Å²) in [6, 6.07) is -1.05. The van der Waals surface area contributed by atoms with Crippen LogP contribution in [-0.2, 0) is 23.8 Å². The molecule has 0 radical (unpaired) electrons. The molecule has 1 saturated heterocycles. The van der Waals surface area contributed by atoms with Crippen LogP contribution in [0.5, 0.6) is 0 Å². The van der Waals surface area contributed by atoms with Gasteiger partial charge in [-0.15, -0.1) is 0 Å². The number of hydrogen-bond acceptors (Lipinski definition) is 10. The molecule has 80 heavy (non-hydrogen) atoms. The highest BCUT2D eigenvalue weighted by atomic mass is 16.7. The van der Waals surface area contributed by atoms with Gasteiger partial charge in [-0.25, -0.2) is 0 Å². The minimum atomic E-state index is -1.63. The molecule has 6 N–H and O–H groups in total. The van der Waals surface area contributed by atoms with E-state index in [2.05, 4.69) is 68.6 Å². The molecule has 0 aromatic heterocycles. The number of allylic oxidation sites excluding steroid dienone is 15. The van der Waals surface area contributed by atoms with Crippen molar-refractivity contribution < 1.29 is 49.3 Å². The number of carbonyl (C=O) groups excluding carboxylic acids is 2. The number of ether oxygens (including phenoxy) is 3. The van der Waals surface area contributed by atoms with Crippen LogP contribution in [-0.4, -0.2) is 99.6 Å². The number of rotatable bonds is 54. The summed E-state index contributed by atoms with van der Waals surface area (Å²) in [6.45, 7) is 5.59. The molecule has 460 valence electrons. The van der Waals surface area contributed by atoms with Crippen LogP contribution in [0.1, 0.15) is 265 Å². The third kappa shape index (κ3) is 43.3. The molecular weight excluding hydrogens is 1000 g/mol. The fourth-order valence-electron chi connectivity index (χ4n) is 9.67. The van der Waals surface area contributed by atoms with E-state index in [1.165, 1.54) is 141 Å². The van der Waals surface area contributed by atoms with Gasteiger partial charge in [-0.3, -0.25) is 9.59 Å². The van der Waals surface area contributed by atoms with Gasteiger partial charge in [-0.2, -0.15) is 0 Å². The second-order valence-electron chi connectivity index (χ2n) is 22.2. The van der Waals surface area contributed by atoms with Crippen LogP contribution < -0.4 is 5.32 Å². The summed E-state index contributed by atoms with van der Waals surface area (Å²) in [5.41, 5.74) is 0. The van der Waals surface area contributed by atoms with Crippen LogP contribution in [0.3, 0.4) is 0 Å². The summed E-state index contributed by atoms with van der Waals surface area (Å²) >= 11 is 0. The van der Waals surface area contributed by atoms with E-state index in [0.29, 0.717) is 12.8 Å². The van der Waals surface area contributed by atoms with Crippen molar-refractivity contribution in [2.24, 2.45) is 0 Å². The molecule has 0 bridgehead atoms. The second kappa shape index (κ2) is 56.1. The van der Waals surface area contributed by atoms with E-state index in [1.54, 1.807) is 6.08 Å². The zero-order valence-electron chi connectivity index (χ0n) is 50.9. The Morgan fingerprint density at radius 3 is 1.49 bits per heavy atom. The van der Waals surface area contributed by atoms with Crippen LogP contribution in [0.15, 0.2) is 97.2 Å². The van der Waals surface area contributed by atoms with Crippen LogP contribution >= 0.6 is 0 Å². The lowest BCUT2D eigenvalue weighted by Gasteiger charge is -2.41. The Kier molecular flexibility index (Phi) is 52.3. The van der Waals surface area contributed by atoms with Gasteiger partial charge in [0, 0.05) is 6.42 Å². The standard InChI is InChI=1S/C69H119NO10/c1-4-7-10-13-16-19-22-25-26-27-28-29-30-31-32-33-34-35-36-37-38-39-42-45-48-51-54-57-64(74)80-67-66(76)65(75)63(58-71)79-69(67)78-59-60(61(72)55-52-49-46-43-40-23-20-17-14-11-8-5-2)70-68(77)62(73)56-53-50-47-44-41-24-21-18-15-12-9-6-3/h9,12,15-16,18-19,21,24-26,28-29,41,44,52,55,60-63,65-67,69,71-73,75-76H,4-8,10-11,13-14,17,20,22-23,27,30-40,42-43,45-51,53-54,56-59H2,1-3H3,(H,70,77)/b12-9+,18-15+,19-16-,24-21-,26-25-,29-28-,44-41-,55-52+. The number of aliphatic hydroxyl groups is 5. The number of unbranched alkanes of at least 4 members (excludes halogenated alkanes) is 29. The lowest BCUT2D eigenvalue weighted by molar-refractivity contribution is -0.305. The van der Waals surface area contributed by atoms with Crippen LogP contribution in [0.25, 0.3) is 0 Å². The molecule has 8 atom stereocenters. The monoisotopic (exact) mass is 1120 g/mol. The van der Waals surface area contributed by atoms with Gasteiger partial charge in [0.25, 0.3) is 0 Å². The number of carbonyl (C=O) groups is 2. The van der Waals surface area contributed by atoms with E-state index in [4.69, 9.17) is 14.2 Å². The molecule has 1 fully saturated rings. The van der Waals surface area contributed by atoms with Crippen molar-refractivity contribution >= 4 is 11.9 Å². The Bertz CT molecular complexity index is 1670. The molecule has 0 aromatic carbocycles. The van der Waals surface area contributed by atoms with Crippen molar-refractivity contribution in [1.29, 1.82) is 0 Å². The highest BCUT2D eigenvalue weighted by Gasteiger charge is 2.47. The van der Waals surface area contributed by atoms with E-state index >= 15 is 0 Å². The normalized spacial score (nSPS) is 19.4. The predicted molar refractivity (Wildman–Crippen MR) is 333 cm³/mol. The maximum atomic E-state index is 13.4. The van der Waals surface area contributed by atoms with Gasteiger partial charge in [-0.05, 0) is 83.5 Å². The summed E-state index contributed by atoms with van der Waals surface area (Å²) in [5, 5.41) is 56.9. The lowest BCUT2D eigenvalue weighted by atomic mass is 9.99. The highest BCUT2D eigenvalue weighted by Crippen LogP contribution is 2.26. The first-order valence-electron chi connectivity index (χ1n) is 32.6. The molecule has 1 amide bonds. The van der Waals surface area contributed by atoms with Gasteiger partial charge < -0.3 is 45.1 Å². The third-order valence-corrected chi connectivity index (χ3v) is 14.8. The van der Waals surface area contributed by atoms with Gasteiger partial charge in [-0.1, -0.05) is 272 Å².